The molecule has 0 amide bonds. The molecule has 0 bridgehead atoms. The molecule has 10 heavy (non-hydrogen) atoms. The summed E-state index contributed by atoms with van der Waals surface area (Å²) < 4.78 is 0. The fourth-order valence-electron chi connectivity index (χ4n) is 0.738. The fraction of sp³-hybridized carbons (Fsp3) is 0.625. The van der Waals surface area contributed by atoms with E-state index in [1.165, 1.54) is 5.71 Å². The molecule has 0 radical (unpaired) electrons. The lowest BCUT2D eigenvalue weighted by Gasteiger charge is -2.21. The van der Waals surface area contributed by atoms with Crippen LogP contribution < -0.4 is 0 Å². The van der Waals surface area contributed by atoms with Gasteiger partial charge in [0.05, 0.1) is 0 Å². The van der Waals surface area contributed by atoms with Crippen molar-refractivity contribution in [3.05, 3.63) is 11.6 Å². The van der Waals surface area contributed by atoms with Crippen LogP contribution >= 0.6 is 11.8 Å². The van der Waals surface area contributed by atoms with Crippen LogP contribution in [-0.2, 0) is 0 Å². The number of hydrogen-bond donors (Lipinski definition) is 0. The molecule has 0 atom stereocenters. The van der Waals surface area contributed by atoms with E-state index in [0.29, 0.717) is 0 Å². The highest BCUT2D eigenvalue weighted by Gasteiger charge is 2.18. The zero-order valence-corrected chi connectivity index (χ0v) is 7.53. The minimum Gasteiger partial charge on any atom is -0.264 e. The molecular weight excluding hydrogens is 142 g/mol. The molecule has 0 fully saturated rings. The third-order valence-electron chi connectivity index (χ3n) is 1.47. The molecule has 1 nitrogen and oxygen atoms in total. The average Bonchev–Trinajstić information content (AvgIpc) is 1.88. The van der Waals surface area contributed by atoms with Crippen LogP contribution in [0.15, 0.2) is 16.6 Å². The Hall–Kier alpha value is -0.240. The van der Waals surface area contributed by atoms with Gasteiger partial charge in [-0.3, -0.25) is 4.99 Å². The van der Waals surface area contributed by atoms with Crippen molar-refractivity contribution in [2.45, 2.75) is 20.8 Å². The number of aliphatic imine (C=N–C) groups is 1. The molecule has 0 N–H and O–H groups in total. The molecule has 1 aliphatic rings. The highest BCUT2D eigenvalue weighted by atomic mass is 32.2. The van der Waals surface area contributed by atoms with Crippen LogP contribution in [0.25, 0.3) is 0 Å². The molecule has 1 aliphatic heterocycles. The highest BCUT2D eigenvalue weighted by molar-refractivity contribution is 8.02. The van der Waals surface area contributed by atoms with Gasteiger partial charge in [-0.25, -0.2) is 0 Å². The van der Waals surface area contributed by atoms with Gasteiger partial charge in [-0.1, -0.05) is 20.8 Å². The lowest BCUT2D eigenvalue weighted by molar-refractivity contribution is 0.589. The molecule has 1 rings (SSSR count). The smallest absolute Gasteiger partial charge is 0.0366 e. The van der Waals surface area contributed by atoms with Gasteiger partial charge in [0.25, 0.3) is 0 Å². The number of rotatable bonds is 0. The summed E-state index contributed by atoms with van der Waals surface area (Å²) in [5, 5.41) is 2.04. The maximum absolute atomic E-state index is 4.32. The van der Waals surface area contributed by atoms with Crippen LogP contribution in [-0.4, -0.2) is 11.5 Å². The van der Waals surface area contributed by atoms with Crippen LogP contribution in [0.2, 0.25) is 0 Å². The van der Waals surface area contributed by atoms with Crippen molar-refractivity contribution in [1.82, 2.24) is 0 Å². The minimum atomic E-state index is 0.248. The van der Waals surface area contributed by atoms with Crippen molar-refractivity contribution in [3.63, 3.8) is 0 Å². The quantitative estimate of drug-likeness (QED) is 0.524. The first-order valence-corrected chi connectivity index (χ1v) is 4.49. The molecule has 1 heterocycles. The zero-order chi connectivity index (χ0) is 7.61. The van der Waals surface area contributed by atoms with Crippen LogP contribution in [0.5, 0.6) is 0 Å². The number of thioether (sulfide) groups is 1. The summed E-state index contributed by atoms with van der Waals surface area (Å²) >= 11 is 1.82. The Morgan fingerprint density at radius 2 is 2.20 bits per heavy atom. The van der Waals surface area contributed by atoms with Crippen molar-refractivity contribution in [1.29, 1.82) is 0 Å². The van der Waals surface area contributed by atoms with Crippen LogP contribution in [0.3, 0.4) is 0 Å². The molecule has 0 aromatic heterocycles. The molecule has 56 valence electrons. The second-order valence-corrected chi connectivity index (χ2v) is 4.32. The lowest BCUT2D eigenvalue weighted by Crippen LogP contribution is -2.22. The van der Waals surface area contributed by atoms with E-state index in [1.807, 2.05) is 23.4 Å². The van der Waals surface area contributed by atoms with E-state index in [2.05, 4.69) is 25.8 Å². The lowest BCUT2D eigenvalue weighted by atomic mass is 9.91. The monoisotopic (exact) mass is 155 g/mol. The third kappa shape index (κ3) is 1.87. The van der Waals surface area contributed by atoms with Crippen molar-refractivity contribution >= 4 is 17.5 Å². The van der Waals surface area contributed by atoms with Gasteiger partial charge in [0.1, 0.15) is 0 Å². The predicted molar refractivity (Wildman–Crippen MR) is 48.5 cm³/mol. The van der Waals surface area contributed by atoms with Gasteiger partial charge in [-0.05, 0) is 5.41 Å². The van der Waals surface area contributed by atoms with Crippen LogP contribution in [0, 0.1) is 5.41 Å². The maximum Gasteiger partial charge on any atom is 0.0366 e. The second-order valence-electron chi connectivity index (χ2n) is 3.42. The number of nitrogens with zero attached hydrogens (tertiary/aromatic N) is 1. The van der Waals surface area contributed by atoms with E-state index in [1.54, 1.807) is 0 Å². The van der Waals surface area contributed by atoms with Crippen LogP contribution in [0.1, 0.15) is 20.8 Å². The third-order valence-corrected chi connectivity index (χ3v) is 2.23. The van der Waals surface area contributed by atoms with Gasteiger partial charge in [0.2, 0.25) is 0 Å². The minimum absolute atomic E-state index is 0.248. The molecule has 0 aliphatic carbocycles. The summed E-state index contributed by atoms with van der Waals surface area (Å²) in [7, 11) is 0. The standard InChI is InChI=1S/C8H13NS/c1-8(2,3)7-6-10-5-4-9-7/h4-5H,6H2,1-3H3. The zero-order valence-electron chi connectivity index (χ0n) is 6.72. The summed E-state index contributed by atoms with van der Waals surface area (Å²) in [6.07, 6.45) is 1.88. The van der Waals surface area contributed by atoms with E-state index in [4.69, 9.17) is 0 Å². The molecule has 0 spiro atoms. The Morgan fingerprint density at radius 3 is 2.50 bits per heavy atom. The van der Waals surface area contributed by atoms with E-state index in [-0.39, 0.29) is 5.41 Å². The Balaban J connectivity index is 2.72. The van der Waals surface area contributed by atoms with Crippen molar-refractivity contribution in [2.24, 2.45) is 10.4 Å². The normalized spacial score (nSPS) is 18.9. The van der Waals surface area contributed by atoms with Gasteiger partial charge >= 0.3 is 0 Å². The Kier molecular flexibility index (Phi) is 2.19. The average molecular weight is 155 g/mol. The van der Waals surface area contributed by atoms with Crippen LogP contribution in [0.4, 0.5) is 0 Å². The maximum atomic E-state index is 4.32. The first-order valence-electron chi connectivity index (χ1n) is 3.44. The van der Waals surface area contributed by atoms with E-state index >= 15 is 0 Å². The summed E-state index contributed by atoms with van der Waals surface area (Å²) in [4.78, 5) is 4.32. The Labute approximate surface area is 66.6 Å². The molecule has 0 saturated carbocycles. The van der Waals surface area contributed by atoms with Gasteiger partial charge in [0, 0.05) is 23.1 Å². The molecule has 0 saturated heterocycles. The first-order chi connectivity index (χ1) is 4.61. The highest BCUT2D eigenvalue weighted by Crippen LogP contribution is 2.22. The van der Waals surface area contributed by atoms with Crippen molar-refractivity contribution in [3.8, 4) is 0 Å². The summed E-state index contributed by atoms with van der Waals surface area (Å²) in [5.74, 6) is 1.06. The van der Waals surface area contributed by atoms with Gasteiger partial charge in [0.15, 0.2) is 0 Å². The van der Waals surface area contributed by atoms with E-state index < -0.39 is 0 Å². The van der Waals surface area contributed by atoms with Gasteiger partial charge in [-0.2, -0.15) is 0 Å². The summed E-state index contributed by atoms with van der Waals surface area (Å²) in [5.41, 5.74) is 1.54. The summed E-state index contributed by atoms with van der Waals surface area (Å²) in [6, 6.07) is 0. The van der Waals surface area contributed by atoms with E-state index in [0.717, 1.165) is 5.75 Å². The Bertz CT molecular complexity index is 174. The predicted octanol–water partition coefficient (Wildman–Crippen LogP) is 2.69. The van der Waals surface area contributed by atoms with Gasteiger partial charge < -0.3 is 0 Å². The molecule has 0 unspecified atom stereocenters. The largest absolute Gasteiger partial charge is 0.264 e. The fourth-order valence-corrected chi connectivity index (χ4v) is 1.65. The topological polar surface area (TPSA) is 12.4 Å². The SMILES string of the molecule is CC(C)(C)C1=NC=CSC1. The molecular formula is C8H13NS. The van der Waals surface area contributed by atoms with Crippen molar-refractivity contribution < 1.29 is 0 Å². The molecule has 2 heteroatoms. The van der Waals surface area contributed by atoms with E-state index in [9.17, 15) is 0 Å². The molecule has 0 aromatic rings. The first kappa shape index (κ1) is 7.86. The van der Waals surface area contributed by atoms with Gasteiger partial charge in [-0.15, -0.1) is 11.8 Å². The molecule has 0 aromatic carbocycles. The second kappa shape index (κ2) is 2.79. The summed E-state index contributed by atoms with van der Waals surface area (Å²) in [6.45, 7) is 6.60. The Morgan fingerprint density at radius 1 is 1.50 bits per heavy atom. The number of hydrogen-bond acceptors (Lipinski definition) is 2. The van der Waals surface area contributed by atoms with Crippen molar-refractivity contribution in [2.75, 3.05) is 5.75 Å².